The molecule has 1 atom stereocenters. The minimum absolute atomic E-state index is 0.0202. The van der Waals surface area contributed by atoms with Gasteiger partial charge in [0.1, 0.15) is 6.10 Å². The maximum Gasteiger partial charge on any atom is 0.183 e. The van der Waals surface area contributed by atoms with E-state index in [-0.39, 0.29) is 6.42 Å². The molecule has 10 heavy (non-hydrogen) atoms. The van der Waals surface area contributed by atoms with Crippen molar-refractivity contribution in [2.45, 2.75) is 18.8 Å². The van der Waals surface area contributed by atoms with Crippen LogP contribution < -0.4 is 0 Å². The zero-order valence-electron chi connectivity index (χ0n) is 6.07. The van der Waals surface area contributed by atoms with E-state index in [2.05, 4.69) is 0 Å². The number of nitriles is 1. The highest BCUT2D eigenvalue weighted by Crippen LogP contribution is 2.01. The Morgan fingerprint density at radius 3 is 2.30 bits per heavy atom. The van der Waals surface area contributed by atoms with E-state index >= 15 is 0 Å². The maximum atomic E-state index is 9.04. The molecule has 0 aliphatic heterocycles. The second-order valence-corrected chi connectivity index (χ2v) is 1.77. The Kier molecular flexibility index (Phi) is 4.85. The second-order valence-electron chi connectivity index (χ2n) is 1.77. The predicted molar refractivity (Wildman–Crippen MR) is 34.0 cm³/mol. The first-order chi connectivity index (χ1) is 4.76. The third-order valence-electron chi connectivity index (χ3n) is 1.08. The molecule has 0 radical (unpaired) electrons. The summed E-state index contributed by atoms with van der Waals surface area (Å²) in [7, 11) is 2.82. The summed E-state index contributed by atoms with van der Waals surface area (Å²) < 4.78 is 9.38. The monoisotopic (exact) mass is 145 g/mol. The SMILES string of the molecule is COC(OC)C(O)CC#N. The minimum atomic E-state index is -0.861. The van der Waals surface area contributed by atoms with Gasteiger partial charge in [0.15, 0.2) is 6.29 Å². The van der Waals surface area contributed by atoms with Crippen LogP contribution in [0.2, 0.25) is 0 Å². The lowest BCUT2D eigenvalue weighted by molar-refractivity contribution is -0.162. The Morgan fingerprint density at radius 1 is 1.50 bits per heavy atom. The molecule has 0 aliphatic rings. The zero-order valence-corrected chi connectivity index (χ0v) is 6.07. The van der Waals surface area contributed by atoms with Crippen LogP contribution in [0.1, 0.15) is 6.42 Å². The lowest BCUT2D eigenvalue weighted by atomic mass is 10.3. The van der Waals surface area contributed by atoms with Crippen LogP contribution >= 0.6 is 0 Å². The van der Waals surface area contributed by atoms with Gasteiger partial charge in [0.25, 0.3) is 0 Å². The molecule has 0 aromatic heterocycles. The first kappa shape index (κ1) is 9.37. The van der Waals surface area contributed by atoms with Crippen LogP contribution in [0.4, 0.5) is 0 Å². The second kappa shape index (κ2) is 5.18. The number of hydrogen-bond donors (Lipinski definition) is 1. The van der Waals surface area contributed by atoms with Gasteiger partial charge < -0.3 is 14.6 Å². The number of hydrogen-bond acceptors (Lipinski definition) is 4. The van der Waals surface area contributed by atoms with Crippen molar-refractivity contribution in [2.24, 2.45) is 0 Å². The van der Waals surface area contributed by atoms with E-state index < -0.39 is 12.4 Å². The molecule has 0 rings (SSSR count). The van der Waals surface area contributed by atoms with E-state index in [0.717, 1.165) is 0 Å². The number of aliphatic hydroxyl groups is 1. The first-order valence-corrected chi connectivity index (χ1v) is 2.86. The molecule has 0 fully saturated rings. The summed E-state index contributed by atoms with van der Waals surface area (Å²) in [5, 5.41) is 17.2. The van der Waals surface area contributed by atoms with E-state index in [1.54, 1.807) is 6.07 Å². The third-order valence-corrected chi connectivity index (χ3v) is 1.08. The van der Waals surface area contributed by atoms with Crippen molar-refractivity contribution in [3.05, 3.63) is 0 Å². The van der Waals surface area contributed by atoms with Crippen molar-refractivity contribution in [1.82, 2.24) is 0 Å². The molecule has 0 amide bonds. The molecule has 0 aromatic rings. The molecule has 58 valence electrons. The highest BCUT2D eigenvalue weighted by atomic mass is 16.7. The lowest BCUT2D eigenvalue weighted by Crippen LogP contribution is -2.29. The van der Waals surface area contributed by atoms with Crippen LogP contribution in [-0.2, 0) is 9.47 Å². The molecule has 1 unspecified atom stereocenters. The number of nitrogens with zero attached hydrogens (tertiary/aromatic N) is 1. The van der Waals surface area contributed by atoms with Gasteiger partial charge in [-0.25, -0.2) is 0 Å². The van der Waals surface area contributed by atoms with Crippen LogP contribution in [0.3, 0.4) is 0 Å². The molecule has 0 saturated carbocycles. The number of aliphatic hydroxyl groups excluding tert-OH is 1. The number of ether oxygens (including phenoxy) is 2. The Hall–Kier alpha value is -0.630. The summed E-state index contributed by atoms with van der Waals surface area (Å²) in [6, 6.07) is 1.81. The standard InChI is InChI=1S/C6H11NO3/c1-9-6(10-2)5(8)3-4-7/h5-6,8H,3H2,1-2H3. The Morgan fingerprint density at radius 2 is 2.00 bits per heavy atom. The fourth-order valence-electron chi connectivity index (χ4n) is 0.600. The minimum Gasteiger partial charge on any atom is -0.387 e. The van der Waals surface area contributed by atoms with Crippen molar-refractivity contribution in [2.75, 3.05) is 14.2 Å². The molecule has 0 aliphatic carbocycles. The summed E-state index contributed by atoms with van der Waals surface area (Å²) in [6.45, 7) is 0. The summed E-state index contributed by atoms with van der Waals surface area (Å²) >= 11 is 0. The molecule has 0 heterocycles. The van der Waals surface area contributed by atoms with Crippen molar-refractivity contribution in [3.8, 4) is 6.07 Å². The predicted octanol–water partition coefficient (Wildman–Crippen LogP) is -0.120. The fourth-order valence-corrected chi connectivity index (χ4v) is 0.600. The van der Waals surface area contributed by atoms with Gasteiger partial charge in [-0.15, -0.1) is 0 Å². The summed E-state index contributed by atoms with van der Waals surface area (Å²) in [5.74, 6) is 0. The zero-order chi connectivity index (χ0) is 7.98. The smallest absolute Gasteiger partial charge is 0.183 e. The van der Waals surface area contributed by atoms with Crippen molar-refractivity contribution in [3.63, 3.8) is 0 Å². The quantitative estimate of drug-likeness (QED) is 0.560. The van der Waals surface area contributed by atoms with Gasteiger partial charge in [0.05, 0.1) is 12.5 Å². The van der Waals surface area contributed by atoms with Gasteiger partial charge in [-0.2, -0.15) is 5.26 Å². The molecule has 0 bridgehead atoms. The molecular formula is C6H11NO3. The average Bonchev–Trinajstić information content (AvgIpc) is 1.91. The molecule has 0 saturated heterocycles. The Balaban J connectivity index is 3.66. The van der Waals surface area contributed by atoms with Gasteiger partial charge in [0, 0.05) is 14.2 Å². The maximum absolute atomic E-state index is 9.04. The van der Waals surface area contributed by atoms with E-state index in [0.29, 0.717) is 0 Å². The van der Waals surface area contributed by atoms with Crippen molar-refractivity contribution in [1.29, 1.82) is 5.26 Å². The van der Waals surface area contributed by atoms with Gasteiger partial charge in [-0.1, -0.05) is 0 Å². The molecule has 0 aromatic carbocycles. The summed E-state index contributed by atoms with van der Waals surface area (Å²) in [6.07, 6.45) is -1.54. The molecular weight excluding hydrogens is 134 g/mol. The van der Waals surface area contributed by atoms with Crippen molar-refractivity contribution < 1.29 is 14.6 Å². The van der Waals surface area contributed by atoms with Gasteiger partial charge >= 0.3 is 0 Å². The van der Waals surface area contributed by atoms with E-state index in [9.17, 15) is 0 Å². The molecule has 1 N–H and O–H groups in total. The molecule has 4 heteroatoms. The van der Waals surface area contributed by atoms with Gasteiger partial charge in [-0.05, 0) is 0 Å². The Bertz CT molecular complexity index is 117. The topological polar surface area (TPSA) is 62.5 Å². The fraction of sp³-hybridized carbons (Fsp3) is 0.833. The first-order valence-electron chi connectivity index (χ1n) is 2.86. The Labute approximate surface area is 60.0 Å². The van der Waals surface area contributed by atoms with E-state index in [1.807, 2.05) is 0 Å². The molecule has 4 nitrogen and oxygen atoms in total. The van der Waals surface area contributed by atoms with Crippen LogP contribution in [0.25, 0.3) is 0 Å². The van der Waals surface area contributed by atoms with Crippen LogP contribution in [0.5, 0.6) is 0 Å². The van der Waals surface area contributed by atoms with E-state index in [1.165, 1.54) is 14.2 Å². The summed E-state index contributed by atoms with van der Waals surface area (Å²) in [4.78, 5) is 0. The number of rotatable bonds is 4. The average molecular weight is 145 g/mol. The van der Waals surface area contributed by atoms with Gasteiger partial charge in [0.2, 0.25) is 0 Å². The van der Waals surface area contributed by atoms with Crippen molar-refractivity contribution >= 4 is 0 Å². The van der Waals surface area contributed by atoms with E-state index in [4.69, 9.17) is 19.8 Å². The highest BCUT2D eigenvalue weighted by Gasteiger charge is 2.16. The lowest BCUT2D eigenvalue weighted by Gasteiger charge is -2.16. The summed E-state index contributed by atoms with van der Waals surface area (Å²) in [5.41, 5.74) is 0. The highest BCUT2D eigenvalue weighted by molar-refractivity contribution is 4.76. The van der Waals surface area contributed by atoms with Crippen LogP contribution in [0.15, 0.2) is 0 Å². The van der Waals surface area contributed by atoms with Crippen LogP contribution in [0, 0.1) is 11.3 Å². The molecule has 0 spiro atoms. The number of methoxy groups -OCH3 is 2. The van der Waals surface area contributed by atoms with Crippen LogP contribution in [-0.4, -0.2) is 31.7 Å². The van der Waals surface area contributed by atoms with Gasteiger partial charge in [-0.3, -0.25) is 0 Å². The largest absolute Gasteiger partial charge is 0.387 e. The normalized spacial score (nSPS) is 13.1. The third kappa shape index (κ3) is 2.78.